The number of rotatable bonds is 6. The summed E-state index contributed by atoms with van der Waals surface area (Å²) in [7, 11) is 2.07. The summed E-state index contributed by atoms with van der Waals surface area (Å²) in [5, 5.41) is 1.85. The van der Waals surface area contributed by atoms with E-state index in [1.807, 2.05) is 30.6 Å². The summed E-state index contributed by atoms with van der Waals surface area (Å²) in [6.45, 7) is 8.50. The van der Waals surface area contributed by atoms with Gasteiger partial charge in [-0.15, -0.1) is 0 Å². The number of aromatic nitrogens is 2. The van der Waals surface area contributed by atoms with E-state index in [9.17, 15) is 0 Å². The molecule has 4 heterocycles. The number of halogens is 2. The van der Waals surface area contributed by atoms with Gasteiger partial charge in [-0.3, -0.25) is 0 Å². The molecule has 0 spiro atoms. The standard InChI is InChI=1S/C26H27ClIN5O/c1-18-12-19(6-7-33(18)25(17-31(2)28)20-4-3-5-21(27)13-20)24-16-30-26-23(24)14-22(15-29-26)32-8-10-34-11-9-32/h3-7,12-16,25H,1,8-11,17H2,2H3,(H,29,30)/t25-/m1/s1. The highest BCUT2D eigenvalue weighted by Gasteiger charge is 2.24. The number of nitrogens with one attached hydrogen (secondary N) is 1. The van der Waals surface area contributed by atoms with Crippen LogP contribution in [-0.2, 0) is 4.74 Å². The summed E-state index contributed by atoms with van der Waals surface area (Å²) >= 11 is 8.63. The second kappa shape index (κ2) is 10.1. The third kappa shape index (κ3) is 4.88. The zero-order valence-corrected chi connectivity index (χ0v) is 22.0. The van der Waals surface area contributed by atoms with Crippen LogP contribution in [-0.4, -0.2) is 57.9 Å². The third-order valence-electron chi connectivity index (χ3n) is 6.27. The summed E-state index contributed by atoms with van der Waals surface area (Å²) in [5.41, 5.74) is 6.35. The minimum Gasteiger partial charge on any atom is -0.378 e. The second-order valence-electron chi connectivity index (χ2n) is 8.56. The number of pyridine rings is 1. The molecule has 0 bridgehead atoms. The lowest BCUT2D eigenvalue weighted by molar-refractivity contribution is 0.122. The third-order valence-corrected chi connectivity index (χ3v) is 6.90. The van der Waals surface area contributed by atoms with E-state index in [1.54, 1.807) is 0 Å². The Labute approximate surface area is 219 Å². The maximum Gasteiger partial charge on any atom is 0.138 e. The van der Waals surface area contributed by atoms with Gasteiger partial charge >= 0.3 is 0 Å². The molecule has 0 unspecified atom stereocenters. The van der Waals surface area contributed by atoms with E-state index >= 15 is 0 Å². The zero-order chi connectivity index (χ0) is 23.7. The first-order valence-corrected chi connectivity index (χ1v) is 12.6. The van der Waals surface area contributed by atoms with Crippen molar-refractivity contribution in [3.63, 3.8) is 0 Å². The van der Waals surface area contributed by atoms with Crippen LogP contribution in [0.4, 0.5) is 5.69 Å². The minimum absolute atomic E-state index is 0.0970. The van der Waals surface area contributed by atoms with E-state index in [4.69, 9.17) is 16.3 Å². The van der Waals surface area contributed by atoms with Gasteiger partial charge in [0, 0.05) is 76.6 Å². The molecule has 5 rings (SSSR count). The van der Waals surface area contributed by atoms with Crippen molar-refractivity contribution in [1.82, 2.24) is 18.0 Å². The lowest BCUT2D eigenvalue weighted by Gasteiger charge is -2.35. The van der Waals surface area contributed by atoms with Crippen LogP contribution in [0.3, 0.4) is 0 Å². The maximum atomic E-state index is 6.31. The van der Waals surface area contributed by atoms with Gasteiger partial charge in [0.15, 0.2) is 0 Å². The molecule has 0 amide bonds. The molecule has 1 atom stereocenters. The average molecular weight is 588 g/mol. The van der Waals surface area contributed by atoms with Gasteiger partial charge < -0.3 is 19.5 Å². The molecule has 6 nitrogen and oxygen atoms in total. The first kappa shape index (κ1) is 23.4. The van der Waals surface area contributed by atoms with Crippen molar-refractivity contribution >= 4 is 56.8 Å². The molecular formula is C26H27ClIN5O. The van der Waals surface area contributed by atoms with Gasteiger partial charge in [0.25, 0.3) is 0 Å². The minimum atomic E-state index is 0.0970. The van der Waals surface area contributed by atoms with Gasteiger partial charge in [-0.1, -0.05) is 30.3 Å². The molecule has 1 fully saturated rings. The quantitative estimate of drug-likeness (QED) is 0.292. The van der Waals surface area contributed by atoms with E-state index in [1.165, 1.54) is 0 Å². The van der Waals surface area contributed by atoms with Crippen LogP contribution in [0, 0.1) is 0 Å². The number of morpholine rings is 1. The fourth-order valence-electron chi connectivity index (χ4n) is 4.56. The number of anilines is 1. The number of allylic oxidation sites excluding steroid dienone is 3. The molecule has 2 aliphatic rings. The Morgan fingerprint density at radius 2 is 2.12 bits per heavy atom. The Morgan fingerprint density at radius 1 is 1.29 bits per heavy atom. The van der Waals surface area contributed by atoms with E-state index in [0.717, 1.165) is 77.0 Å². The summed E-state index contributed by atoms with van der Waals surface area (Å²) < 4.78 is 7.66. The number of hydrogen-bond acceptors (Lipinski definition) is 5. The molecule has 8 heteroatoms. The van der Waals surface area contributed by atoms with E-state index in [2.05, 4.69) is 89.9 Å². The van der Waals surface area contributed by atoms with Crippen LogP contribution in [0.25, 0.3) is 16.6 Å². The van der Waals surface area contributed by atoms with Crippen LogP contribution in [0.15, 0.2) is 73.4 Å². The molecule has 34 heavy (non-hydrogen) atoms. The van der Waals surface area contributed by atoms with Crippen LogP contribution in [0.5, 0.6) is 0 Å². The number of aromatic amines is 1. The van der Waals surface area contributed by atoms with Crippen molar-refractivity contribution in [3.8, 4) is 0 Å². The SMILES string of the molecule is C=C1C=C(c2c[nH]c3ncc(N4CCOCC4)cc23)C=CN1[C@H](CN(C)I)c1cccc(Cl)c1. The van der Waals surface area contributed by atoms with Crippen molar-refractivity contribution in [1.29, 1.82) is 0 Å². The Balaban J connectivity index is 1.44. The Hall–Kier alpha value is -2.33. The van der Waals surface area contributed by atoms with Crippen molar-refractivity contribution in [2.75, 3.05) is 44.8 Å². The van der Waals surface area contributed by atoms with E-state index in [-0.39, 0.29) is 6.04 Å². The molecule has 1 saturated heterocycles. The normalized spacial score (nSPS) is 17.5. The van der Waals surface area contributed by atoms with Crippen LogP contribution < -0.4 is 4.90 Å². The van der Waals surface area contributed by atoms with Gasteiger partial charge in [-0.05, 0) is 48.5 Å². The number of H-pyrrole nitrogens is 1. The number of benzene rings is 1. The van der Waals surface area contributed by atoms with Crippen molar-refractivity contribution in [2.24, 2.45) is 0 Å². The number of likely N-dealkylation sites (N-methyl/N-ethyl adjacent to an activating group) is 1. The van der Waals surface area contributed by atoms with E-state index in [0.29, 0.717) is 0 Å². The number of nitrogens with zero attached hydrogens (tertiary/aromatic N) is 4. The lowest BCUT2D eigenvalue weighted by atomic mass is 9.99. The van der Waals surface area contributed by atoms with Gasteiger partial charge in [0.2, 0.25) is 0 Å². The molecule has 2 aliphatic heterocycles. The Kier molecular flexibility index (Phi) is 6.96. The monoisotopic (exact) mass is 587 g/mol. The maximum absolute atomic E-state index is 6.31. The highest BCUT2D eigenvalue weighted by atomic mass is 127. The molecule has 2 aromatic heterocycles. The lowest BCUT2D eigenvalue weighted by Crippen LogP contribution is -2.36. The number of hydrogen-bond donors (Lipinski definition) is 1. The van der Waals surface area contributed by atoms with Crippen molar-refractivity contribution in [2.45, 2.75) is 6.04 Å². The largest absolute Gasteiger partial charge is 0.378 e. The topological polar surface area (TPSA) is 47.6 Å². The van der Waals surface area contributed by atoms with Gasteiger partial charge in [-0.2, -0.15) is 0 Å². The predicted molar refractivity (Wildman–Crippen MR) is 148 cm³/mol. The Bertz CT molecular complexity index is 1260. The van der Waals surface area contributed by atoms with Gasteiger partial charge in [-0.25, -0.2) is 8.10 Å². The van der Waals surface area contributed by atoms with Crippen molar-refractivity contribution in [3.05, 3.63) is 89.5 Å². The highest BCUT2D eigenvalue weighted by molar-refractivity contribution is 14.1. The molecule has 1 N–H and O–H groups in total. The second-order valence-corrected chi connectivity index (χ2v) is 10.6. The summed E-state index contributed by atoms with van der Waals surface area (Å²) in [4.78, 5) is 12.5. The first-order valence-electron chi connectivity index (χ1n) is 11.3. The summed E-state index contributed by atoms with van der Waals surface area (Å²) in [5.74, 6) is 0. The molecule has 3 aromatic rings. The van der Waals surface area contributed by atoms with Gasteiger partial charge in [0.05, 0.1) is 31.1 Å². The fraction of sp³-hybridized carbons (Fsp3) is 0.269. The summed E-state index contributed by atoms with van der Waals surface area (Å²) in [6.07, 6.45) is 10.4. The molecule has 0 aliphatic carbocycles. The van der Waals surface area contributed by atoms with Crippen LogP contribution in [0.2, 0.25) is 5.02 Å². The molecule has 176 valence electrons. The first-order chi connectivity index (χ1) is 16.5. The highest BCUT2D eigenvalue weighted by Crippen LogP contribution is 2.35. The number of fused-ring (bicyclic) bond motifs is 1. The molecule has 0 radical (unpaired) electrons. The van der Waals surface area contributed by atoms with Crippen molar-refractivity contribution < 1.29 is 4.74 Å². The molecular weight excluding hydrogens is 561 g/mol. The molecule has 0 saturated carbocycles. The zero-order valence-electron chi connectivity index (χ0n) is 19.0. The smallest absolute Gasteiger partial charge is 0.138 e. The molecule has 1 aromatic carbocycles. The average Bonchev–Trinajstić information content (AvgIpc) is 3.26. The summed E-state index contributed by atoms with van der Waals surface area (Å²) in [6, 6.07) is 10.4. The van der Waals surface area contributed by atoms with Crippen LogP contribution >= 0.6 is 34.5 Å². The number of ether oxygens (including phenoxy) is 1. The predicted octanol–water partition coefficient (Wildman–Crippen LogP) is 5.80. The Morgan fingerprint density at radius 3 is 2.85 bits per heavy atom. The fourth-order valence-corrected chi connectivity index (χ4v) is 5.13. The van der Waals surface area contributed by atoms with E-state index < -0.39 is 0 Å². The van der Waals surface area contributed by atoms with Crippen LogP contribution in [0.1, 0.15) is 17.2 Å². The van der Waals surface area contributed by atoms with Gasteiger partial charge in [0.1, 0.15) is 5.65 Å².